The predicted octanol–water partition coefficient (Wildman–Crippen LogP) is 3.48. The Labute approximate surface area is 188 Å². The molecule has 0 fully saturated rings. The minimum absolute atomic E-state index is 0.135. The molecule has 4 rings (SSSR count). The normalized spacial score (nSPS) is 11.0. The molecule has 0 saturated carbocycles. The molecule has 0 aliphatic heterocycles. The Balaban J connectivity index is 1.76. The second-order valence-electron chi connectivity index (χ2n) is 7.37. The molecule has 0 N–H and O–H groups in total. The van der Waals surface area contributed by atoms with Crippen molar-refractivity contribution in [3.05, 3.63) is 91.4 Å². The number of ketones is 1. The number of Topliss-reactive ketones (excluding diaryl/α,β-unsaturated/α-hetero) is 1. The number of ether oxygens (including phenoxy) is 2. The molecule has 8 heteroatoms. The third kappa shape index (κ3) is 3.97. The number of aryl methyl sites for hydroxylation is 1. The van der Waals surface area contributed by atoms with Gasteiger partial charge in [0.1, 0.15) is 4.70 Å². The van der Waals surface area contributed by atoms with E-state index in [1.165, 1.54) is 34.7 Å². The van der Waals surface area contributed by atoms with Crippen LogP contribution in [0.25, 0.3) is 10.2 Å². The molecule has 0 amide bonds. The van der Waals surface area contributed by atoms with Gasteiger partial charge in [-0.1, -0.05) is 29.8 Å². The highest BCUT2D eigenvalue weighted by atomic mass is 32.1. The van der Waals surface area contributed by atoms with Crippen molar-refractivity contribution in [1.82, 2.24) is 9.13 Å². The van der Waals surface area contributed by atoms with Gasteiger partial charge in [0.05, 0.1) is 32.8 Å². The lowest BCUT2D eigenvalue weighted by atomic mass is 10.1. The number of methoxy groups -OCH3 is 2. The monoisotopic (exact) mass is 450 g/mol. The van der Waals surface area contributed by atoms with Crippen LogP contribution in [0.1, 0.15) is 21.5 Å². The van der Waals surface area contributed by atoms with E-state index in [0.29, 0.717) is 27.3 Å². The van der Waals surface area contributed by atoms with Crippen LogP contribution in [0.3, 0.4) is 0 Å². The summed E-state index contributed by atoms with van der Waals surface area (Å²) in [6, 6.07) is 14.2. The predicted molar refractivity (Wildman–Crippen MR) is 125 cm³/mol. The lowest BCUT2D eigenvalue weighted by Gasteiger charge is -2.13. The standard InChI is InChI=1S/C24H22N2O5S/c1-15-4-6-16(7-5-15)13-26-23(28)22-18(10-11-32-22)25(24(26)29)14-19(27)17-8-9-20(30-2)21(12-17)31-3/h4-12H,13-14H2,1-3H3. The van der Waals surface area contributed by atoms with Gasteiger partial charge in [0.25, 0.3) is 5.56 Å². The van der Waals surface area contributed by atoms with Crippen molar-refractivity contribution in [3.8, 4) is 11.5 Å². The Morgan fingerprint density at radius 1 is 0.938 bits per heavy atom. The van der Waals surface area contributed by atoms with Gasteiger partial charge < -0.3 is 9.47 Å². The van der Waals surface area contributed by atoms with Gasteiger partial charge in [-0.25, -0.2) is 4.79 Å². The summed E-state index contributed by atoms with van der Waals surface area (Å²) < 4.78 is 13.5. The number of carbonyl (C=O) groups is 1. The summed E-state index contributed by atoms with van der Waals surface area (Å²) >= 11 is 1.26. The van der Waals surface area contributed by atoms with Gasteiger partial charge in [-0.2, -0.15) is 0 Å². The van der Waals surface area contributed by atoms with E-state index in [2.05, 4.69) is 0 Å². The van der Waals surface area contributed by atoms with Crippen LogP contribution < -0.4 is 20.7 Å². The molecular weight excluding hydrogens is 428 g/mol. The molecule has 0 aliphatic carbocycles. The van der Waals surface area contributed by atoms with Gasteiger partial charge in [-0.3, -0.25) is 18.7 Å². The van der Waals surface area contributed by atoms with E-state index in [9.17, 15) is 14.4 Å². The van der Waals surface area contributed by atoms with E-state index < -0.39 is 5.69 Å². The number of aromatic nitrogens is 2. The molecule has 2 heterocycles. The van der Waals surface area contributed by atoms with E-state index in [-0.39, 0.29) is 24.4 Å². The number of hydrogen-bond acceptors (Lipinski definition) is 6. The molecule has 0 radical (unpaired) electrons. The zero-order chi connectivity index (χ0) is 22.8. The molecule has 4 aromatic rings. The molecular formula is C24H22N2O5S. The third-order valence-electron chi connectivity index (χ3n) is 5.30. The summed E-state index contributed by atoms with van der Waals surface area (Å²) in [5, 5.41) is 1.75. The first kappa shape index (κ1) is 21.6. The molecule has 0 atom stereocenters. The summed E-state index contributed by atoms with van der Waals surface area (Å²) in [5.41, 5.74) is 1.90. The Hall–Kier alpha value is -3.65. The topological polar surface area (TPSA) is 79.5 Å². The van der Waals surface area contributed by atoms with Gasteiger partial charge >= 0.3 is 5.69 Å². The Kier molecular flexibility index (Phi) is 5.96. The Bertz CT molecular complexity index is 1410. The Morgan fingerprint density at radius 2 is 1.66 bits per heavy atom. The van der Waals surface area contributed by atoms with Gasteiger partial charge in [-0.05, 0) is 42.1 Å². The fraction of sp³-hybridized carbons (Fsp3) is 0.208. The number of benzene rings is 2. The van der Waals surface area contributed by atoms with E-state index >= 15 is 0 Å². The molecule has 0 bridgehead atoms. The average Bonchev–Trinajstić information content (AvgIpc) is 3.30. The molecule has 0 aliphatic rings. The number of carbonyl (C=O) groups excluding carboxylic acids is 1. The summed E-state index contributed by atoms with van der Waals surface area (Å²) in [5.74, 6) is 0.657. The number of nitrogens with zero attached hydrogens (tertiary/aromatic N) is 2. The second-order valence-corrected chi connectivity index (χ2v) is 8.29. The largest absolute Gasteiger partial charge is 0.493 e. The molecule has 7 nitrogen and oxygen atoms in total. The van der Waals surface area contributed by atoms with Gasteiger partial charge in [0.2, 0.25) is 0 Å². The van der Waals surface area contributed by atoms with Crippen molar-refractivity contribution in [2.24, 2.45) is 0 Å². The van der Waals surface area contributed by atoms with Gasteiger partial charge in [-0.15, -0.1) is 11.3 Å². The highest BCUT2D eigenvalue weighted by Crippen LogP contribution is 2.28. The average molecular weight is 451 g/mol. The summed E-state index contributed by atoms with van der Waals surface area (Å²) in [7, 11) is 3.01. The fourth-order valence-corrected chi connectivity index (χ4v) is 4.39. The van der Waals surface area contributed by atoms with Crippen LogP contribution >= 0.6 is 11.3 Å². The highest BCUT2D eigenvalue weighted by molar-refractivity contribution is 7.17. The van der Waals surface area contributed by atoms with E-state index in [1.54, 1.807) is 29.6 Å². The van der Waals surface area contributed by atoms with Crippen LogP contribution in [-0.2, 0) is 13.1 Å². The molecule has 0 spiro atoms. The number of fused-ring (bicyclic) bond motifs is 1. The first-order valence-corrected chi connectivity index (χ1v) is 10.8. The number of hydrogen-bond donors (Lipinski definition) is 0. The van der Waals surface area contributed by atoms with Gasteiger partial charge in [0.15, 0.2) is 17.3 Å². The third-order valence-corrected chi connectivity index (χ3v) is 6.20. The Morgan fingerprint density at radius 3 is 2.34 bits per heavy atom. The summed E-state index contributed by atoms with van der Waals surface area (Å²) in [6.45, 7) is 1.91. The van der Waals surface area contributed by atoms with Crippen LogP contribution in [0.5, 0.6) is 11.5 Å². The van der Waals surface area contributed by atoms with E-state index in [1.807, 2.05) is 31.2 Å². The molecule has 32 heavy (non-hydrogen) atoms. The van der Waals surface area contributed by atoms with Gasteiger partial charge in [0, 0.05) is 5.56 Å². The smallest absolute Gasteiger partial charge is 0.332 e. The minimum Gasteiger partial charge on any atom is -0.493 e. The summed E-state index contributed by atoms with van der Waals surface area (Å²) in [4.78, 5) is 39.3. The number of rotatable bonds is 7. The molecule has 0 unspecified atom stereocenters. The maximum atomic E-state index is 13.3. The SMILES string of the molecule is COc1ccc(C(=O)Cn2c(=O)n(Cc3ccc(C)cc3)c(=O)c3sccc32)cc1OC. The summed E-state index contributed by atoms with van der Waals surface area (Å²) in [6.07, 6.45) is 0. The molecule has 164 valence electrons. The van der Waals surface area contributed by atoms with Crippen LogP contribution in [-0.4, -0.2) is 29.1 Å². The van der Waals surface area contributed by atoms with Crippen molar-refractivity contribution in [3.63, 3.8) is 0 Å². The lowest BCUT2D eigenvalue weighted by molar-refractivity contribution is 0.0971. The first-order chi connectivity index (χ1) is 15.4. The van der Waals surface area contributed by atoms with Crippen molar-refractivity contribution < 1.29 is 14.3 Å². The maximum Gasteiger partial charge on any atom is 0.332 e. The zero-order valence-corrected chi connectivity index (χ0v) is 18.8. The molecule has 2 aromatic heterocycles. The van der Waals surface area contributed by atoms with E-state index in [0.717, 1.165) is 11.1 Å². The van der Waals surface area contributed by atoms with E-state index in [4.69, 9.17) is 9.47 Å². The first-order valence-electron chi connectivity index (χ1n) is 9.94. The fourth-order valence-electron chi connectivity index (χ4n) is 3.55. The van der Waals surface area contributed by atoms with Crippen LogP contribution in [0.15, 0.2) is 63.5 Å². The minimum atomic E-state index is -0.518. The van der Waals surface area contributed by atoms with Crippen LogP contribution in [0, 0.1) is 6.92 Å². The quantitative estimate of drug-likeness (QED) is 0.403. The van der Waals surface area contributed by atoms with Crippen molar-refractivity contribution in [1.29, 1.82) is 0 Å². The molecule has 2 aromatic carbocycles. The lowest BCUT2D eigenvalue weighted by Crippen LogP contribution is -2.40. The zero-order valence-electron chi connectivity index (χ0n) is 18.0. The maximum absolute atomic E-state index is 13.3. The second kappa shape index (κ2) is 8.84. The van der Waals surface area contributed by atoms with Crippen molar-refractivity contribution in [2.75, 3.05) is 14.2 Å². The molecule has 0 saturated heterocycles. The van der Waals surface area contributed by atoms with Crippen molar-refractivity contribution in [2.45, 2.75) is 20.0 Å². The van der Waals surface area contributed by atoms with Crippen LogP contribution in [0.4, 0.5) is 0 Å². The highest BCUT2D eigenvalue weighted by Gasteiger charge is 2.18. The van der Waals surface area contributed by atoms with Crippen molar-refractivity contribution >= 4 is 27.3 Å². The van der Waals surface area contributed by atoms with Crippen LogP contribution in [0.2, 0.25) is 0 Å². The number of thiophene rings is 1.